The summed E-state index contributed by atoms with van der Waals surface area (Å²) in [5.74, 6) is -1.32. The summed E-state index contributed by atoms with van der Waals surface area (Å²) in [6.45, 7) is 6.63. The Bertz CT molecular complexity index is 1420. The first-order valence-electron chi connectivity index (χ1n) is 10.8. The first-order chi connectivity index (χ1) is 16.0. The van der Waals surface area contributed by atoms with Gasteiger partial charge < -0.3 is 9.52 Å². The van der Waals surface area contributed by atoms with Crippen LogP contribution in [-0.2, 0) is 28.5 Å². The molecule has 0 atom stereocenters. The fourth-order valence-electron chi connectivity index (χ4n) is 3.67. The summed E-state index contributed by atoms with van der Waals surface area (Å²) in [6.07, 6.45) is 2.86. The number of furan rings is 1. The predicted octanol–water partition coefficient (Wildman–Crippen LogP) is 5.21. The highest BCUT2D eigenvalue weighted by atomic mass is 32.2. The van der Waals surface area contributed by atoms with Gasteiger partial charge in [0.2, 0.25) is 15.8 Å². The second-order valence-electron chi connectivity index (χ2n) is 9.20. The van der Waals surface area contributed by atoms with Crippen LogP contribution < -0.4 is 0 Å². The van der Waals surface area contributed by atoms with Crippen molar-refractivity contribution in [3.8, 4) is 0 Å². The number of benzene rings is 2. The Morgan fingerprint density at radius 3 is 2.29 bits per heavy atom. The van der Waals surface area contributed by atoms with Gasteiger partial charge in [-0.1, -0.05) is 57.2 Å². The third kappa shape index (κ3) is 5.03. The van der Waals surface area contributed by atoms with Gasteiger partial charge in [0.15, 0.2) is 0 Å². The Balaban J connectivity index is 1.69. The average molecular weight is 479 g/mol. The average Bonchev–Trinajstić information content (AvgIpc) is 3.23. The number of carboxylic acid groups (broad SMARTS) is 1. The maximum atomic E-state index is 13.5. The summed E-state index contributed by atoms with van der Waals surface area (Å²) in [6, 6.07) is 17.7. The van der Waals surface area contributed by atoms with E-state index in [2.05, 4.69) is 25.8 Å². The summed E-state index contributed by atoms with van der Waals surface area (Å²) in [4.78, 5) is 15.3. The van der Waals surface area contributed by atoms with E-state index in [1.165, 1.54) is 28.8 Å². The predicted molar refractivity (Wildman–Crippen MR) is 129 cm³/mol. The van der Waals surface area contributed by atoms with Gasteiger partial charge in [-0.3, -0.25) is 4.98 Å². The molecule has 34 heavy (non-hydrogen) atoms. The highest BCUT2D eigenvalue weighted by Gasteiger charge is 2.26. The molecule has 0 radical (unpaired) electrons. The summed E-state index contributed by atoms with van der Waals surface area (Å²) in [5.41, 5.74) is 3.08. The van der Waals surface area contributed by atoms with Gasteiger partial charge in [0, 0.05) is 30.9 Å². The molecule has 0 spiro atoms. The van der Waals surface area contributed by atoms with Crippen molar-refractivity contribution in [3.63, 3.8) is 0 Å². The summed E-state index contributed by atoms with van der Waals surface area (Å²) in [5, 5.41) is 9.82. The third-order valence-electron chi connectivity index (χ3n) is 5.61. The van der Waals surface area contributed by atoms with Crippen LogP contribution in [0.25, 0.3) is 11.0 Å². The van der Waals surface area contributed by atoms with Crippen molar-refractivity contribution in [2.24, 2.45) is 0 Å². The monoisotopic (exact) mass is 478 g/mol. The highest BCUT2D eigenvalue weighted by molar-refractivity contribution is 7.89. The molecule has 0 aliphatic rings. The molecule has 1 N–H and O–H groups in total. The second kappa shape index (κ2) is 9.04. The van der Waals surface area contributed by atoms with Gasteiger partial charge >= 0.3 is 5.97 Å². The zero-order valence-electron chi connectivity index (χ0n) is 19.2. The lowest BCUT2D eigenvalue weighted by atomic mass is 9.87. The van der Waals surface area contributed by atoms with Crippen molar-refractivity contribution < 1.29 is 22.7 Å². The Labute approximate surface area is 198 Å². The van der Waals surface area contributed by atoms with Gasteiger partial charge in [0.25, 0.3) is 0 Å². The number of hydrogen-bond acceptors (Lipinski definition) is 5. The van der Waals surface area contributed by atoms with Crippen molar-refractivity contribution in [1.82, 2.24) is 9.29 Å². The number of aromatic carboxylic acids is 1. The van der Waals surface area contributed by atoms with E-state index in [0.29, 0.717) is 16.5 Å². The summed E-state index contributed by atoms with van der Waals surface area (Å²) in [7, 11) is -3.85. The molecule has 0 bridgehead atoms. The van der Waals surface area contributed by atoms with E-state index in [1.54, 1.807) is 24.3 Å². The van der Waals surface area contributed by atoms with Crippen LogP contribution in [-0.4, -0.2) is 28.8 Å². The van der Waals surface area contributed by atoms with E-state index in [9.17, 15) is 18.3 Å². The van der Waals surface area contributed by atoms with E-state index in [-0.39, 0.29) is 29.2 Å². The van der Waals surface area contributed by atoms with Crippen LogP contribution in [0.5, 0.6) is 0 Å². The zero-order chi connectivity index (χ0) is 24.5. The van der Waals surface area contributed by atoms with Crippen molar-refractivity contribution in [3.05, 3.63) is 95.5 Å². The van der Waals surface area contributed by atoms with E-state index < -0.39 is 16.0 Å². The number of sulfonamides is 1. The molecule has 0 saturated carbocycles. The lowest BCUT2D eigenvalue weighted by Gasteiger charge is -2.23. The van der Waals surface area contributed by atoms with E-state index in [4.69, 9.17) is 4.42 Å². The number of carboxylic acids is 1. The van der Waals surface area contributed by atoms with E-state index in [0.717, 1.165) is 11.1 Å². The Kier molecular flexibility index (Phi) is 6.29. The minimum Gasteiger partial charge on any atom is -0.475 e. The number of carbonyl (C=O) groups is 1. The zero-order valence-corrected chi connectivity index (χ0v) is 20.0. The third-order valence-corrected chi connectivity index (χ3v) is 7.38. The molecule has 7 nitrogen and oxygen atoms in total. The van der Waals surface area contributed by atoms with Gasteiger partial charge in [0.05, 0.1) is 0 Å². The molecular weight excluding hydrogens is 452 g/mol. The van der Waals surface area contributed by atoms with E-state index in [1.807, 2.05) is 24.3 Å². The van der Waals surface area contributed by atoms with Crippen molar-refractivity contribution in [1.29, 1.82) is 0 Å². The second-order valence-corrected chi connectivity index (χ2v) is 11.1. The lowest BCUT2D eigenvalue weighted by molar-refractivity contribution is 0.0665. The van der Waals surface area contributed by atoms with Crippen molar-refractivity contribution in [2.75, 3.05) is 0 Å². The maximum absolute atomic E-state index is 13.5. The fraction of sp³-hybridized carbons (Fsp3) is 0.231. The SMILES string of the molecule is CC(C)(C)c1ccc(CN(Cc2ccc3cc(C(=O)O)oc3c2)S(=O)(=O)c2cccnc2)cc1. The number of aromatic nitrogens is 1. The highest BCUT2D eigenvalue weighted by Crippen LogP contribution is 2.26. The van der Waals surface area contributed by atoms with Crippen molar-refractivity contribution in [2.45, 2.75) is 44.2 Å². The molecule has 0 saturated heterocycles. The van der Waals surface area contributed by atoms with Crippen LogP contribution in [0.3, 0.4) is 0 Å². The normalized spacial score (nSPS) is 12.4. The maximum Gasteiger partial charge on any atom is 0.371 e. The van der Waals surface area contributed by atoms with Crippen LogP contribution >= 0.6 is 0 Å². The first-order valence-corrected chi connectivity index (χ1v) is 12.2. The van der Waals surface area contributed by atoms with Gasteiger partial charge in [-0.05, 0) is 46.4 Å². The number of fused-ring (bicyclic) bond motifs is 1. The topological polar surface area (TPSA) is 101 Å². The Morgan fingerprint density at radius 2 is 1.68 bits per heavy atom. The van der Waals surface area contributed by atoms with Crippen LogP contribution in [0.1, 0.15) is 48.0 Å². The van der Waals surface area contributed by atoms with Crippen LogP contribution in [0.4, 0.5) is 0 Å². The largest absolute Gasteiger partial charge is 0.475 e. The van der Waals surface area contributed by atoms with Crippen LogP contribution in [0.15, 0.2) is 82.4 Å². The number of nitrogens with zero attached hydrogens (tertiary/aromatic N) is 2. The number of hydrogen-bond donors (Lipinski definition) is 1. The molecule has 0 unspecified atom stereocenters. The molecule has 4 rings (SSSR count). The molecule has 0 amide bonds. The molecule has 0 aliphatic heterocycles. The van der Waals surface area contributed by atoms with Gasteiger partial charge in [0.1, 0.15) is 10.5 Å². The Morgan fingerprint density at radius 1 is 1.00 bits per heavy atom. The first kappa shape index (κ1) is 23.7. The molecule has 2 aromatic heterocycles. The summed E-state index contributed by atoms with van der Waals surface area (Å²) >= 11 is 0. The summed E-state index contributed by atoms with van der Waals surface area (Å²) < 4.78 is 33.8. The standard InChI is InChI=1S/C26H26N2O5S/c1-26(2,3)21-10-7-18(8-11-21)16-28(34(31,32)22-5-4-12-27-15-22)17-19-6-9-20-14-24(25(29)30)33-23(20)13-19/h4-15H,16-17H2,1-3H3,(H,29,30). The number of pyridine rings is 1. The molecule has 0 fully saturated rings. The minimum absolute atomic E-state index is 0.00669. The lowest BCUT2D eigenvalue weighted by Crippen LogP contribution is -2.30. The number of rotatable bonds is 7. The van der Waals surface area contributed by atoms with Crippen LogP contribution in [0, 0.1) is 0 Å². The van der Waals surface area contributed by atoms with Gasteiger partial charge in [-0.15, -0.1) is 0 Å². The quantitative estimate of drug-likeness (QED) is 0.391. The Hall–Kier alpha value is -3.49. The van der Waals surface area contributed by atoms with Crippen molar-refractivity contribution >= 4 is 27.0 Å². The molecule has 2 aromatic carbocycles. The molecule has 2 heterocycles. The molecular formula is C26H26N2O5S. The van der Waals surface area contributed by atoms with Gasteiger partial charge in [-0.25, -0.2) is 13.2 Å². The molecule has 0 aliphatic carbocycles. The van der Waals surface area contributed by atoms with E-state index >= 15 is 0 Å². The fourth-order valence-corrected chi connectivity index (χ4v) is 5.05. The molecule has 176 valence electrons. The molecule has 4 aromatic rings. The minimum atomic E-state index is -3.85. The van der Waals surface area contributed by atoms with Gasteiger partial charge in [-0.2, -0.15) is 4.31 Å². The van der Waals surface area contributed by atoms with Crippen LogP contribution in [0.2, 0.25) is 0 Å². The smallest absolute Gasteiger partial charge is 0.371 e. The molecule has 8 heteroatoms.